The van der Waals surface area contributed by atoms with Gasteiger partial charge in [-0.25, -0.2) is 23.9 Å². The highest BCUT2D eigenvalue weighted by Gasteiger charge is 2.42. The molecule has 3 saturated heterocycles. The highest BCUT2D eigenvalue weighted by atomic mass is 19.1. The van der Waals surface area contributed by atoms with Crippen LogP contribution in [0.4, 0.5) is 25.4 Å². The van der Waals surface area contributed by atoms with Gasteiger partial charge in [-0.15, -0.1) is 0 Å². The monoisotopic (exact) mass is 933 g/mol. The lowest BCUT2D eigenvalue weighted by Gasteiger charge is -2.34. The number of rotatable bonds is 13. The number of aromatic nitrogens is 4. The van der Waals surface area contributed by atoms with Gasteiger partial charge in [0, 0.05) is 37.2 Å². The van der Waals surface area contributed by atoms with Gasteiger partial charge in [-0.3, -0.25) is 9.59 Å². The third-order valence-corrected chi connectivity index (χ3v) is 14.7. The van der Waals surface area contributed by atoms with Gasteiger partial charge in [0.05, 0.1) is 79.4 Å². The van der Waals surface area contributed by atoms with Crippen molar-refractivity contribution < 1.29 is 37.8 Å². The molecule has 1 saturated carbocycles. The molecule has 1 aliphatic carbocycles. The molecule has 4 aliphatic rings. The maximum absolute atomic E-state index is 16.3. The van der Waals surface area contributed by atoms with Crippen LogP contribution in [0.15, 0.2) is 54.6 Å². The Hall–Kier alpha value is -6.23. The van der Waals surface area contributed by atoms with E-state index in [2.05, 4.69) is 55.8 Å². The van der Waals surface area contributed by atoms with Crippen LogP contribution >= 0.6 is 0 Å². The molecule has 362 valence electrons. The number of amides is 3. The van der Waals surface area contributed by atoms with Crippen molar-refractivity contribution >= 4 is 57.3 Å². The maximum Gasteiger partial charge on any atom is 0.407 e. The van der Waals surface area contributed by atoms with Gasteiger partial charge in [-0.05, 0) is 104 Å². The molecular formula is C51H64FN9O7. The lowest BCUT2D eigenvalue weighted by Crippen LogP contribution is -2.51. The summed E-state index contributed by atoms with van der Waals surface area (Å²) in [6.45, 7) is 10.5. The van der Waals surface area contributed by atoms with E-state index in [4.69, 9.17) is 24.2 Å². The lowest BCUT2D eigenvalue weighted by molar-refractivity contribution is -0.135. The topological polar surface area (TPSA) is 187 Å². The molecule has 68 heavy (non-hydrogen) atoms. The average molecular weight is 934 g/mol. The van der Waals surface area contributed by atoms with Crippen LogP contribution in [-0.4, -0.2) is 108 Å². The number of morpholine rings is 1. The van der Waals surface area contributed by atoms with Gasteiger partial charge in [0.15, 0.2) is 5.78 Å². The molecule has 5 heterocycles. The summed E-state index contributed by atoms with van der Waals surface area (Å²) in [4.78, 5) is 75.7. The van der Waals surface area contributed by atoms with Crippen molar-refractivity contribution in [3.05, 3.63) is 83.2 Å². The zero-order valence-corrected chi connectivity index (χ0v) is 39.8. The first-order chi connectivity index (χ1) is 32.8. The number of Topliss-reactive ketones (excluding diaryl/α,β-unsaturated/α-hetero) is 1. The summed E-state index contributed by atoms with van der Waals surface area (Å²) >= 11 is 0. The third kappa shape index (κ3) is 9.20. The van der Waals surface area contributed by atoms with E-state index < -0.39 is 24.3 Å². The minimum atomic E-state index is -0.736. The van der Waals surface area contributed by atoms with Crippen molar-refractivity contribution in [1.82, 2.24) is 35.5 Å². The minimum absolute atomic E-state index is 0.00166. The van der Waals surface area contributed by atoms with Gasteiger partial charge in [0.25, 0.3) is 0 Å². The number of ketones is 1. The molecule has 5 aromatic rings. The van der Waals surface area contributed by atoms with Crippen LogP contribution < -0.4 is 20.4 Å². The van der Waals surface area contributed by atoms with Gasteiger partial charge in [-0.2, -0.15) is 0 Å². The van der Waals surface area contributed by atoms with Gasteiger partial charge < -0.3 is 49.5 Å². The molecule has 17 heteroatoms. The Kier molecular flexibility index (Phi) is 13.6. The second kappa shape index (κ2) is 19.8. The molecule has 2 aromatic heterocycles. The van der Waals surface area contributed by atoms with Crippen molar-refractivity contribution in [3.8, 4) is 0 Å². The standard InChI is InChI=1S/C51H64FN9O7/c1-28(2)44(57-50(64)66-5)46(62)33-9-7-10-34(33)47-53-36-15-12-30(25-38(36)55-47)40-18-19-41(61(40)32-14-17-42(35(52)27-32)59-21-23-68-24-22-59)31-13-16-37-39(26-31)56-48(54-37)43-11-8-20-60(43)49(63)45(29(3)4)58-51(65)67-6/h12-17,25-29,33-34,40-41,43-45H,7-11,18-24H2,1-6H3,(H,53,55)(H,54,56)(H,57,64)(H,58,65)/t33?,34-,40-,41-,43+,44+,45+/m1/s1. The van der Waals surface area contributed by atoms with Gasteiger partial charge in [-0.1, -0.05) is 46.2 Å². The number of aromatic amines is 2. The highest BCUT2D eigenvalue weighted by molar-refractivity contribution is 5.91. The minimum Gasteiger partial charge on any atom is -0.453 e. The van der Waals surface area contributed by atoms with E-state index in [1.54, 1.807) is 6.07 Å². The van der Waals surface area contributed by atoms with Crippen molar-refractivity contribution in [2.75, 3.05) is 56.9 Å². The summed E-state index contributed by atoms with van der Waals surface area (Å²) in [5, 5.41) is 5.49. The summed E-state index contributed by atoms with van der Waals surface area (Å²) < 4.78 is 31.6. The number of nitrogens with one attached hydrogen (secondary N) is 4. The number of fused-ring (bicyclic) bond motifs is 2. The maximum atomic E-state index is 16.3. The zero-order valence-electron chi connectivity index (χ0n) is 39.8. The largest absolute Gasteiger partial charge is 0.453 e. The average Bonchev–Trinajstić information content (AvgIpc) is 4.20. The Morgan fingerprint density at radius 2 is 1.31 bits per heavy atom. The van der Waals surface area contributed by atoms with Crippen molar-refractivity contribution in [2.24, 2.45) is 17.8 Å². The molecule has 3 amide bonds. The number of nitrogens with zero attached hydrogens (tertiary/aromatic N) is 5. The SMILES string of the molecule is COC(=O)N[C@H](C(=O)C1CCC[C@H]1c1nc2cc([C@H]3CC[C@H](c4ccc5[nH]c([C@@H]6CCCN6C(=O)[C@@H](NC(=O)OC)C(C)C)nc5c4)N3c3ccc(N4CCOCC4)c(F)c3)ccc2[nH]1)C(C)C. The first kappa shape index (κ1) is 46.9. The van der Waals surface area contributed by atoms with Crippen LogP contribution in [0.5, 0.6) is 0 Å². The van der Waals surface area contributed by atoms with Crippen molar-refractivity contribution in [3.63, 3.8) is 0 Å². The van der Waals surface area contributed by atoms with Crippen LogP contribution in [0.2, 0.25) is 0 Å². The van der Waals surface area contributed by atoms with E-state index in [9.17, 15) is 19.2 Å². The van der Waals surface area contributed by atoms with Crippen LogP contribution in [0.3, 0.4) is 0 Å². The number of carbonyl (C=O) groups excluding carboxylic acids is 4. The first-order valence-corrected chi connectivity index (χ1v) is 24.3. The number of carbonyl (C=O) groups is 4. The Bertz CT molecular complexity index is 2510. The summed E-state index contributed by atoms with van der Waals surface area (Å²) in [5.74, 6) is 0.347. The van der Waals surface area contributed by atoms with E-state index in [-0.39, 0.29) is 59.3 Å². The molecule has 3 aliphatic heterocycles. The molecular weight excluding hydrogens is 870 g/mol. The fourth-order valence-electron chi connectivity index (χ4n) is 11.2. The second-order valence-electron chi connectivity index (χ2n) is 19.5. The quantitative estimate of drug-likeness (QED) is 0.0889. The molecule has 4 fully saturated rings. The molecule has 1 unspecified atom stereocenters. The number of benzene rings is 3. The van der Waals surface area contributed by atoms with Crippen molar-refractivity contribution in [1.29, 1.82) is 0 Å². The number of halogens is 1. The summed E-state index contributed by atoms with van der Waals surface area (Å²) in [7, 11) is 2.59. The van der Waals surface area contributed by atoms with E-state index in [0.29, 0.717) is 44.4 Å². The number of hydrogen-bond acceptors (Lipinski definition) is 11. The second-order valence-corrected chi connectivity index (χ2v) is 19.5. The van der Waals surface area contributed by atoms with Crippen LogP contribution in [-0.2, 0) is 23.8 Å². The fraction of sp³-hybridized carbons (Fsp3) is 0.529. The molecule has 9 rings (SSSR count). The molecule has 16 nitrogen and oxygen atoms in total. The lowest BCUT2D eigenvalue weighted by atomic mass is 9.84. The Labute approximate surface area is 396 Å². The van der Waals surface area contributed by atoms with E-state index in [1.807, 2.05) is 55.7 Å². The number of likely N-dealkylation sites (tertiary alicyclic amines) is 1. The summed E-state index contributed by atoms with van der Waals surface area (Å²) in [6, 6.07) is 16.2. The number of ether oxygens (including phenoxy) is 3. The Morgan fingerprint density at radius 3 is 1.91 bits per heavy atom. The summed E-state index contributed by atoms with van der Waals surface area (Å²) in [5.41, 5.74) is 6.72. The number of H-pyrrole nitrogens is 2. The summed E-state index contributed by atoms with van der Waals surface area (Å²) in [6.07, 6.45) is 4.27. The predicted molar refractivity (Wildman–Crippen MR) is 256 cm³/mol. The van der Waals surface area contributed by atoms with E-state index >= 15 is 4.39 Å². The molecule has 0 bridgehead atoms. The number of imidazole rings is 2. The number of hydrogen-bond donors (Lipinski definition) is 4. The zero-order chi connectivity index (χ0) is 47.8. The van der Waals surface area contributed by atoms with E-state index in [1.165, 1.54) is 14.2 Å². The molecule has 7 atom stereocenters. The predicted octanol–water partition coefficient (Wildman–Crippen LogP) is 8.38. The smallest absolute Gasteiger partial charge is 0.407 e. The van der Waals surface area contributed by atoms with Gasteiger partial charge >= 0.3 is 12.2 Å². The molecule has 3 aromatic carbocycles. The van der Waals surface area contributed by atoms with Crippen LogP contribution in [0, 0.1) is 23.6 Å². The molecule has 0 radical (unpaired) electrons. The third-order valence-electron chi connectivity index (χ3n) is 14.7. The van der Waals surface area contributed by atoms with Gasteiger partial charge in [0.1, 0.15) is 23.5 Å². The Balaban J connectivity index is 1.02. The number of alkyl carbamates (subject to hydrolysis) is 2. The normalized spacial score (nSPS) is 22.9. The van der Waals surface area contributed by atoms with Crippen LogP contribution in [0.1, 0.15) is 119 Å². The van der Waals surface area contributed by atoms with Gasteiger partial charge in [0.2, 0.25) is 5.91 Å². The number of anilines is 2. The van der Waals surface area contributed by atoms with Crippen LogP contribution in [0.25, 0.3) is 22.1 Å². The van der Waals surface area contributed by atoms with Crippen molar-refractivity contribution in [2.45, 2.75) is 109 Å². The molecule has 0 spiro atoms. The Morgan fingerprint density at radius 1 is 0.706 bits per heavy atom. The highest BCUT2D eigenvalue weighted by Crippen LogP contribution is 2.49. The fourth-order valence-corrected chi connectivity index (χ4v) is 11.2. The molecule has 4 N–H and O–H groups in total. The number of methoxy groups -OCH3 is 2. The first-order valence-electron chi connectivity index (χ1n) is 24.3. The van der Waals surface area contributed by atoms with E-state index in [0.717, 1.165) is 89.7 Å².